The normalized spacial score (nSPS) is 24.6. The lowest BCUT2D eigenvalue weighted by Gasteiger charge is -2.16. The van der Waals surface area contributed by atoms with E-state index in [4.69, 9.17) is 9.05 Å². The topological polar surface area (TPSA) is 18.5 Å². The van der Waals surface area contributed by atoms with Gasteiger partial charge in [0.1, 0.15) is 12.2 Å². The van der Waals surface area contributed by atoms with Gasteiger partial charge in [0.2, 0.25) is 8.38 Å². The first kappa shape index (κ1) is 13.9. The monoisotopic (exact) mass is 308 g/mol. The van der Waals surface area contributed by atoms with Crippen molar-refractivity contribution >= 4 is 8.38 Å². The third-order valence-corrected chi connectivity index (χ3v) is 5.50. The number of benzene rings is 2. The molecule has 2 nitrogen and oxygen atoms in total. The molecule has 2 aromatic carbocycles. The van der Waals surface area contributed by atoms with Crippen LogP contribution in [0.25, 0.3) is 0 Å². The summed E-state index contributed by atoms with van der Waals surface area (Å²) >= 11 is 0. The van der Waals surface area contributed by atoms with Crippen LogP contribution in [0.3, 0.4) is 0 Å². The van der Waals surface area contributed by atoms with Crippen LogP contribution in [0.4, 0.5) is 0 Å². The second kappa shape index (κ2) is 6.18. The molecule has 0 unspecified atom stereocenters. The van der Waals surface area contributed by atoms with Gasteiger partial charge in [0.15, 0.2) is 0 Å². The van der Waals surface area contributed by atoms with Crippen molar-refractivity contribution in [3.63, 3.8) is 0 Å². The van der Waals surface area contributed by atoms with Gasteiger partial charge in [0.25, 0.3) is 0 Å². The molecule has 2 aromatic rings. The van der Waals surface area contributed by atoms with E-state index >= 15 is 0 Å². The summed E-state index contributed by atoms with van der Waals surface area (Å²) < 4.78 is 12.6. The van der Waals surface area contributed by atoms with E-state index in [0.29, 0.717) is 0 Å². The first-order valence-corrected chi connectivity index (χ1v) is 8.70. The molecule has 22 heavy (non-hydrogen) atoms. The predicted molar refractivity (Wildman–Crippen MR) is 89.3 cm³/mol. The highest BCUT2D eigenvalue weighted by molar-refractivity contribution is 7.52. The van der Waals surface area contributed by atoms with Gasteiger partial charge in [-0.25, -0.2) is 0 Å². The lowest BCUT2D eigenvalue weighted by Crippen LogP contribution is -2.06. The van der Waals surface area contributed by atoms with Crippen LogP contribution in [0.15, 0.2) is 84.2 Å². The standard InChI is InChI=1S/C19H17O2P/c1-3-9-15(10-4-1)18-19(16-11-5-2-6-12-16)21-22(20-18)17-13-7-8-14-17/h1-7,9-14,18-19H,8H2/t18-,19-/m1/s1. The number of hydrogen-bond acceptors (Lipinski definition) is 2. The van der Waals surface area contributed by atoms with Crippen LogP contribution in [0.1, 0.15) is 29.8 Å². The highest BCUT2D eigenvalue weighted by Gasteiger charge is 2.40. The zero-order valence-corrected chi connectivity index (χ0v) is 13.0. The van der Waals surface area contributed by atoms with Crippen molar-refractivity contribution in [1.29, 1.82) is 0 Å². The molecule has 0 N–H and O–H groups in total. The zero-order chi connectivity index (χ0) is 14.8. The lowest BCUT2D eigenvalue weighted by atomic mass is 9.99. The second-order valence-corrected chi connectivity index (χ2v) is 6.85. The van der Waals surface area contributed by atoms with Crippen LogP contribution in [0.5, 0.6) is 0 Å². The van der Waals surface area contributed by atoms with Crippen molar-refractivity contribution < 1.29 is 9.05 Å². The Kier molecular flexibility index (Phi) is 3.90. The summed E-state index contributed by atoms with van der Waals surface area (Å²) in [5, 5.41) is 1.19. The summed E-state index contributed by atoms with van der Waals surface area (Å²) in [7, 11) is -0.998. The van der Waals surface area contributed by atoms with E-state index in [0.717, 1.165) is 6.42 Å². The van der Waals surface area contributed by atoms with Gasteiger partial charge >= 0.3 is 0 Å². The van der Waals surface area contributed by atoms with Gasteiger partial charge in [0.05, 0.1) is 0 Å². The molecule has 3 heteroatoms. The molecule has 0 bridgehead atoms. The fourth-order valence-electron chi connectivity index (χ4n) is 2.80. The van der Waals surface area contributed by atoms with Gasteiger partial charge in [-0.2, -0.15) is 0 Å². The minimum Gasteiger partial charge on any atom is -0.319 e. The maximum Gasteiger partial charge on any atom is 0.206 e. The van der Waals surface area contributed by atoms with Gasteiger partial charge in [-0.15, -0.1) is 0 Å². The minimum absolute atomic E-state index is 0.0513. The van der Waals surface area contributed by atoms with Crippen molar-refractivity contribution in [2.75, 3.05) is 0 Å². The van der Waals surface area contributed by atoms with Gasteiger partial charge < -0.3 is 9.05 Å². The van der Waals surface area contributed by atoms with Gasteiger partial charge in [0, 0.05) is 5.31 Å². The molecule has 2 atom stereocenters. The lowest BCUT2D eigenvalue weighted by molar-refractivity contribution is 0.159. The number of hydrogen-bond donors (Lipinski definition) is 0. The van der Waals surface area contributed by atoms with Crippen molar-refractivity contribution in [2.24, 2.45) is 0 Å². The smallest absolute Gasteiger partial charge is 0.206 e. The van der Waals surface area contributed by atoms with Crippen LogP contribution < -0.4 is 0 Å². The summed E-state index contributed by atoms with van der Waals surface area (Å²) in [5.74, 6) is 0. The van der Waals surface area contributed by atoms with E-state index in [1.807, 2.05) is 12.1 Å². The number of rotatable bonds is 3. The van der Waals surface area contributed by atoms with Crippen LogP contribution in [-0.4, -0.2) is 0 Å². The average Bonchev–Trinajstić information content (AvgIpc) is 3.26. The molecular formula is C19H17O2P. The van der Waals surface area contributed by atoms with Crippen molar-refractivity contribution in [1.82, 2.24) is 0 Å². The molecule has 1 saturated heterocycles. The zero-order valence-electron chi connectivity index (χ0n) is 12.1. The maximum atomic E-state index is 6.32. The number of allylic oxidation sites excluding steroid dienone is 4. The van der Waals surface area contributed by atoms with Crippen LogP contribution in [-0.2, 0) is 9.05 Å². The van der Waals surface area contributed by atoms with Gasteiger partial charge in [-0.05, 0) is 17.5 Å². The summed E-state index contributed by atoms with van der Waals surface area (Å²) in [4.78, 5) is 0. The Morgan fingerprint density at radius 2 is 1.32 bits per heavy atom. The van der Waals surface area contributed by atoms with E-state index in [2.05, 4.69) is 66.8 Å². The molecular weight excluding hydrogens is 291 g/mol. The Hall–Kier alpha value is -1.73. The maximum absolute atomic E-state index is 6.32. The Bertz CT molecular complexity index is 646. The Balaban J connectivity index is 1.68. The molecule has 1 aliphatic carbocycles. The Morgan fingerprint density at radius 3 is 1.77 bits per heavy atom. The largest absolute Gasteiger partial charge is 0.319 e. The molecule has 2 aliphatic rings. The molecule has 110 valence electrons. The van der Waals surface area contributed by atoms with Crippen LogP contribution in [0, 0.1) is 0 Å². The summed E-state index contributed by atoms with van der Waals surface area (Å²) in [6, 6.07) is 20.7. The Labute approximate surface area is 132 Å². The quantitative estimate of drug-likeness (QED) is 0.680. The van der Waals surface area contributed by atoms with Crippen molar-refractivity contribution in [2.45, 2.75) is 18.6 Å². The molecule has 4 rings (SSSR count). The fourth-order valence-corrected chi connectivity index (χ4v) is 4.45. The molecule has 1 fully saturated rings. The first-order chi connectivity index (χ1) is 10.9. The van der Waals surface area contributed by atoms with Gasteiger partial charge in [-0.1, -0.05) is 78.9 Å². The van der Waals surface area contributed by atoms with E-state index in [-0.39, 0.29) is 12.2 Å². The minimum atomic E-state index is -0.998. The molecule has 1 heterocycles. The van der Waals surface area contributed by atoms with E-state index in [1.165, 1.54) is 16.4 Å². The third-order valence-electron chi connectivity index (χ3n) is 3.91. The summed E-state index contributed by atoms with van der Waals surface area (Å²) in [6.07, 6.45) is 7.35. The van der Waals surface area contributed by atoms with E-state index in [9.17, 15) is 0 Å². The van der Waals surface area contributed by atoms with E-state index < -0.39 is 8.38 Å². The van der Waals surface area contributed by atoms with E-state index in [1.54, 1.807) is 0 Å². The molecule has 0 saturated carbocycles. The summed E-state index contributed by atoms with van der Waals surface area (Å²) in [5.41, 5.74) is 2.34. The Morgan fingerprint density at radius 1 is 0.773 bits per heavy atom. The first-order valence-electron chi connectivity index (χ1n) is 7.52. The van der Waals surface area contributed by atoms with Crippen molar-refractivity contribution in [3.8, 4) is 0 Å². The SMILES string of the molecule is C1=CC(P2O[C@H](c3ccccc3)[C@@H](c3ccccc3)O2)=CC1. The predicted octanol–water partition coefficient (Wildman–Crippen LogP) is 5.67. The third kappa shape index (κ3) is 2.66. The van der Waals surface area contributed by atoms with Crippen LogP contribution >= 0.6 is 8.38 Å². The fraction of sp³-hybridized carbons (Fsp3) is 0.158. The second-order valence-electron chi connectivity index (χ2n) is 5.40. The highest BCUT2D eigenvalue weighted by Crippen LogP contribution is 2.64. The average molecular weight is 308 g/mol. The van der Waals surface area contributed by atoms with Crippen molar-refractivity contribution in [3.05, 3.63) is 95.3 Å². The van der Waals surface area contributed by atoms with Crippen LogP contribution in [0.2, 0.25) is 0 Å². The summed E-state index contributed by atoms with van der Waals surface area (Å²) in [6.45, 7) is 0. The molecule has 0 aromatic heterocycles. The molecule has 0 spiro atoms. The molecule has 1 aliphatic heterocycles. The van der Waals surface area contributed by atoms with Gasteiger partial charge in [-0.3, -0.25) is 0 Å². The highest BCUT2D eigenvalue weighted by atomic mass is 31.2. The molecule has 0 amide bonds. The molecule has 0 radical (unpaired) electrons.